The molecule has 1 atom stereocenters. The first kappa shape index (κ1) is 25.5. The number of nitrogens with two attached hydrogens (primary N) is 1. The Morgan fingerprint density at radius 1 is 1.05 bits per heavy atom. The lowest BCUT2D eigenvalue weighted by molar-refractivity contribution is -0.0287. The molecule has 5 rings (SSSR count). The van der Waals surface area contributed by atoms with Gasteiger partial charge in [-0.25, -0.2) is 14.8 Å². The van der Waals surface area contributed by atoms with Crippen molar-refractivity contribution in [2.75, 3.05) is 44.9 Å². The summed E-state index contributed by atoms with van der Waals surface area (Å²) in [6.07, 6.45) is 1.80. The average molecular weight is 516 g/mol. The van der Waals surface area contributed by atoms with E-state index in [9.17, 15) is 4.79 Å². The molecule has 0 spiro atoms. The van der Waals surface area contributed by atoms with Crippen LogP contribution in [-0.2, 0) is 6.42 Å². The van der Waals surface area contributed by atoms with Crippen LogP contribution < -0.4 is 25.7 Å². The molecule has 9 heteroatoms. The molecule has 0 saturated carbocycles. The molecule has 1 aliphatic rings. The van der Waals surface area contributed by atoms with Crippen molar-refractivity contribution in [3.8, 4) is 22.9 Å². The quantitative estimate of drug-likeness (QED) is 0.289. The van der Waals surface area contributed by atoms with Crippen LogP contribution in [0.3, 0.4) is 0 Å². The molecule has 38 heavy (non-hydrogen) atoms. The van der Waals surface area contributed by atoms with Gasteiger partial charge in [0.25, 0.3) is 0 Å². The van der Waals surface area contributed by atoms with Crippen LogP contribution in [0.5, 0.6) is 11.6 Å². The number of hydrogen-bond acceptors (Lipinski definition) is 9. The molecular weight excluding hydrogens is 482 g/mol. The van der Waals surface area contributed by atoms with Gasteiger partial charge in [-0.05, 0) is 57.8 Å². The number of nitrogens with zero attached hydrogens (tertiary/aromatic N) is 4. The van der Waals surface area contributed by atoms with Crippen LogP contribution in [-0.4, -0.2) is 60.8 Å². The first-order valence-electron chi connectivity index (χ1n) is 12.6. The Morgan fingerprint density at radius 2 is 1.87 bits per heavy atom. The maximum absolute atomic E-state index is 11.6. The van der Waals surface area contributed by atoms with Crippen molar-refractivity contribution in [2.45, 2.75) is 32.0 Å². The van der Waals surface area contributed by atoms with Crippen LogP contribution in [0.2, 0.25) is 0 Å². The molecule has 9 nitrogen and oxygen atoms in total. The highest BCUT2D eigenvalue weighted by atomic mass is 16.6. The van der Waals surface area contributed by atoms with Gasteiger partial charge in [0.15, 0.2) is 0 Å². The highest BCUT2D eigenvalue weighted by Crippen LogP contribution is 2.38. The Morgan fingerprint density at radius 3 is 2.63 bits per heavy atom. The van der Waals surface area contributed by atoms with E-state index in [-0.39, 0.29) is 11.7 Å². The molecule has 0 radical (unpaired) electrons. The highest BCUT2D eigenvalue weighted by Gasteiger charge is 2.39. The summed E-state index contributed by atoms with van der Waals surface area (Å²) in [5.41, 5.74) is 10.1. The summed E-state index contributed by atoms with van der Waals surface area (Å²) >= 11 is 0. The minimum absolute atomic E-state index is 0.302. The minimum atomic E-state index is -0.649. The van der Waals surface area contributed by atoms with Gasteiger partial charge < -0.3 is 29.4 Å². The van der Waals surface area contributed by atoms with E-state index in [1.54, 1.807) is 12.1 Å². The van der Waals surface area contributed by atoms with Crippen LogP contribution in [0.25, 0.3) is 22.2 Å². The lowest BCUT2D eigenvalue weighted by atomic mass is 9.90. The molecule has 3 heterocycles. The van der Waals surface area contributed by atoms with Gasteiger partial charge in [-0.15, -0.1) is 0 Å². The van der Waals surface area contributed by atoms with E-state index < -0.39 is 5.60 Å². The number of hydrogen-bond donors (Lipinski definition) is 1. The summed E-state index contributed by atoms with van der Waals surface area (Å²) in [4.78, 5) is 24.7. The normalized spacial score (nSPS) is 16.2. The highest BCUT2D eigenvalue weighted by molar-refractivity contribution is 5.79. The predicted molar refractivity (Wildman–Crippen MR) is 149 cm³/mol. The van der Waals surface area contributed by atoms with Gasteiger partial charge in [0.1, 0.15) is 29.4 Å². The van der Waals surface area contributed by atoms with Crippen LogP contribution in [0.4, 0.5) is 11.4 Å². The summed E-state index contributed by atoms with van der Waals surface area (Å²) < 4.78 is 18.0. The number of rotatable bonds is 7. The molecule has 0 amide bonds. The molecule has 0 fully saturated rings. The molecule has 2 aromatic carbocycles. The van der Waals surface area contributed by atoms with Crippen LogP contribution in [0, 0.1) is 0 Å². The monoisotopic (exact) mass is 515 g/mol. The summed E-state index contributed by atoms with van der Waals surface area (Å²) in [5, 5.41) is 0.836. The van der Waals surface area contributed by atoms with Gasteiger partial charge in [0, 0.05) is 55.7 Å². The molecule has 0 bridgehead atoms. The summed E-state index contributed by atoms with van der Waals surface area (Å²) in [5.74, 6) is 1.14. The van der Waals surface area contributed by atoms with Gasteiger partial charge in [-0.3, -0.25) is 0 Å². The van der Waals surface area contributed by atoms with Gasteiger partial charge in [0.05, 0.1) is 17.1 Å². The summed E-state index contributed by atoms with van der Waals surface area (Å²) in [6, 6.07) is 14.7. The zero-order chi connectivity index (χ0) is 27.0. The van der Waals surface area contributed by atoms with Gasteiger partial charge >= 0.3 is 5.63 Å². The zero-order valence-electron chi connectivity index (χ0n) is 22.4. The first-order valence-corrected chi connectivity index (χ1v) is 12.6. The van der Waals surface area contributed by atoms with E-state index >= 15 is 0 Å². The number of anilines is 2. The minimum Gasteiger partial charge on any atom is -0.484 e. The average Bonchev–Trinajstić information content (AvgIpc) is 2.86. The van der Waals surface area contributed by atoms with Crippen LogP contribution >= 0.6 is 0 Å². The topological polar surface area (TPSA) is 107 Å². The Labute approximate surface area is 221 Å². The van der Waals surface area contributed by atoms with E-state index in [4.69, 9.17) is 19.6 Å². The number of nitrogen functional groups attached to an aromatic ring is 1. The van der Waals surface area contributed by atoms with Crippen LogP contribution in [0.1, 0.15) is 19.4 Å². The summed E-state index contributed by atoms with van der Waals surface area (Å²) in [6.45, 7) is 5.75. The van der Waals surface area contributed by atoms with Crippen molar-refractivity contribution in [1.82, 2.24) is 14.9 Å². The third-order valence-electron chi connectivity index (χ3n) is 6.88. The SMILES string of the molecule is CN(C)CCN(C)c1ccc(-c2cc(O[C@H]3Cc4cc5ccc(=O)oc5cc4OC3(C)C)ncn2)cc1N. The van der Waals surface area contributed by atoms with Crippen molar-refractivity contribution >= 4 is 22.3 Å². The fourth-order valence-corrected chi connectivity index (χ4v) is 4.62. The van der Waals surface area contributed by atoms with Crippen molar-refractivity contribution in [3.63, 3.8) is 0 Å². The van der Waals surface area contributed by atoms with Crippen molar-refractivity contribution in [2.24, 2.45) is 0 Å². The lowest BCUT2D eigenvalue weighted by Crippen LogP contribution is -2.49. The largest absolute Gasteiger partial charge is 0.484 e. The van der Waals surface area contributed by atoms with E-state index in [2.05, 4.69) is 33.9 Å². The van der Waals surface area contributed by atoms with Crippen molar-refractivity contribution < 1.29 is 13.9 Å². The second-order valence-electron chi connectivity index (χ2n) is 10.5. The molecule has 0 unspecified atom stereocenters. The molecule has 0 saturated heterocycles. The number of aromatic nitrogens is 2. The lowest BCUT2D eigenvalue weighted by Gasteiger charge is -2.39. The maximum Gasteiger partial charge on any atom is 0.336 e. The Hall–Kier alpha value is -4.11. The van der Waals surface area contributed by atoms with Gasteiger partial charge in [0.2, 0.25) is 5.88 Å². The van der Waals surface area contributed by atoms with Crippen LogP contribution in [0.15, 0.2) is 64.1 Å². The third-order valence-corrected chi connectivity index (χ3v) is 6.88. The van der Waals surface area contributed by atoms with Gasteiger partial charge in [-0.1, -0.05) is 6.07 Å². The molecule has 0 aliphatic carbocycles. The Kier molecular flexibility index (Phi) is 6.71. The fourth-order valence-electron chi connectivity index (χ4n) is 4.62. The van der Waals surface area contributed by atoms with E-state index in [0.29, 0.717) is 29.3 Å². The van der Waals surface area contributed by atoms with Crippen molar-refractivity contribution in [3.05, 3.63) is 70.8 Å². The number of fused-ring (bicyclic) bond motifs is 2. The third kappa shape index (κ3) is 5.28. The molecule has 198 valence electrons. The summed E-state index contributed by atoms with van der Waals surface area (Å²) in [7, 11) is 6.14. The number of likely N-dealkylation sites (N-methyl/N-ethyl adjacent to an activating group) is 2. The zero-order valence-corrected chi connectivity index (χ0v) is 22.4. The number of ether oxygens (including phenoxy) is 2. The molecular formula is C29H33N5O4. The molecule has 2 N–H and O–H groups in total. The second kappa shape index (κ2) is 9.98. The molecule has 2 aromatic heterocycles. The maximum atomic E-state index is 11.6. The predicted octanol–water partition coefficient (Wildman–Crippen LogP) is 3.99. The molecule has 4 aromatic rings. The number of benzene rings is 2. The smallest absolute Gasteiger partial charge is 0.336 e. The fraction of sp³-hybridized carbons (Fsp3) is 0.345. The van der Waals surface area contributed by atoms with E-state index in [1.807, 2.05) is 51.2 Å². The van der Waals surface area contributed by atoms with E-state index in [1.165, 1.54) is 12.4 Å². The Balaban J connectivity index is 1.36. The Bertz CT molecular complexity index is 1530. The first-order chi connectivity index (χ1) is 18.1. The van der Waals surface area contributed by atoms with E-state index in [0.717, 1.165) is 41.0 Å². The van der Waals surface area contributed by atoms with Gasteiger partial charge in [-0.2, -0.15) is 0 Å². The molecule has 1 aliphatic heterocycles. The standard InChI is InChI=1S/C29H33N5O4/c1-29(2)26(14-20-12-19-7-9-28(35)36-24(19)16-25(20)38-29)37-27-15-22(31-17-32-27)18-6-8-23(21(30)13-18)34(5)11-10-33(3)4/h6-9,12-13,15-17,26H,10-11,14,30H2,1-5H3/t26-/m0/s1. The van der Waals surface area contributed by atoms with Crippen molar-refractivity contribution in [1.29, 1.82) is 0 Å². The second-order valence-corrected chi connectivity index (χ2v) is 10.5.